The van der Waals surface area contributed by atoms with Crippen molar-refractivity contribution in [2.24, 2.45) is 22.0 Å². The molecule has 1 aromatic rings. The molecule has 0 spiro atoms. The highest BCUT2D eigenvalue weighted by Crippen LogP contribution is 2.26. The molecule has 3 rings (SSSR count). The van der Waals surface area contributed by atoms with Crippen LogP contribution in [-0.4, -0.2) is 61.9 Å². The molecule has 2 aliphatic rings. The van der Waals surface area contributed by atoms with E-state index in [2.05, 4.69) is 41.0 Å². The van der Waals surface area contributed by atoms with Gasteiger partial charge in [-0.25, -0.2) is 4.79 Å². The lowest BCUT2D eigenvalue weighted by Crippen LogP contribution is -2.35. The Morgan fingerprint density at radius 3 is 2.62 bits per heavy atom. The fraction of sp³-hybridized carbons (Fsp3) is 0.591. The van der Waals surface area contributed by atoms with Gasteiger partial charge in [0.1, 0.15) is 5.60 Å². The van der Waals surface area contributed by atoms with Crippen molar-refractivity contribution in [2.45, 2.75) is 39.2 Å². The average molecular weight is 401 g/mol. The second-order valence-electron chi connectivity index (χ2n) is 8.75. The maximum Gasteiger partial charge on any atom is 0.410 e. The van der Waals surface area contributed by atoms with Crippen LogP contribution in [0.25, 0.3) is 0 Å². The zero-order chi connectivity index (χ0) is 20.9. The van der Waals surface area contributed by atoms with Crippen molar-refractivity contribution in [3.63, 3.8) is 0 Å². The van der Waals surface area contributed by atoms with E-state index in [0.717, 1.165) is 25.9 Å². The van der Waals surface area contributed by atoms with Crippen LogP contribution in [-0.2, 0) is 9.57 Å². The summed E-state index contributed by atoms with van der Waals surface area (Å²) in [4.78, 5) is 26.5. The minimum atomic E-state index is -0.475. The molecule has 1 aromatic carbocycles. The Labute approximate surface area is 173 Å². The number of hydrogen-bond acceptors (Lipinski definition) is 6. The number of carbonyl (C=O) groups excluding carboxylic acids is 1. The van der Waals surface area contributed by atoms with Crippen LogP contribution in [0.2, 0.25) is 0 Å². The number of benzene rings is 1. The van der Waals surface area contributed by atoms with E-state index in [9.17, 15) is 4.79 Å². The minimum Gasteiger partial charge on any atom is -0.444 e. The van der Waals surface area contributed by atoms with Gasteiger partial charge in [0.2, 0.25) is 5.90 Å². The molecule has 29 heavy (non-hydrogen) atoms. The number of rotatable bonds is 5. The standard InChI is InChI=1S/C22H32N4O3/c1-22(2,3)28-21(27)26-12-10-17(15-26)14-24-20(29-23-4)18-11-13-25(16-18)19-8-6-5-7-9-19/h5-9,17-18H,4,10-16H2,1-3H3. The van der Waals surface area contributed by atoms with Crippen molar-refractivity contribution in [3.8, 4) is 0 Å². The maximum atomic E-state index is 12.2. The first-order chi connectivity index (χ1) is 13.9. The Balaban J connectivity index is 1.55. The van der Waals surface area contributed by atoms with E-state index in [-0.39, 0.29) is 12.0 Å². The molecule has 2 saturated heterocycles. The summed E-state index contributed by atoms with van der Waals surface area (Å²) in [5.74, 6) is 1.15. The zero-order valence-corrected chi connectivity index (χ0v) is 17.7. The van der Waals surface area contributed by atoms with Gasteiger partial charge in [-0.1, -0.05) is 23.4 Å². The predicted molar refractivity (Wildman–Crippen MR) is 116 cm³/mol. The van der Waals surface area contributed by atoms with Gasteiger partial charge in [-0.3, -0.25) is 4.99 Å². The van der Waals surface area contributed by atoms with Gasteiger partial charge in [0.15, 0.2) is 0 Å². The summed E-state index contributed by atoms with van der Waals surface area (Å²) in [6.45, 7) is 12.9. The predicted octanol–water partition coefficient (Wildman–Crippen LogP) is 3.80. The quantitative estimate of drug-likeness (QED) is 0.428. The Kier molecular flexibility index (Phi) is 6.77. The maximum absolute atomic E-state index is 12.2. The number of nitrogens with zero attached hydrogens (tertiary/aromatic N) is 4. The normalized spacial score (nSPS) is 22.7. The van der Waals surface area contributed by atoms with E-state index in [1.54, 1.807) is 4.90 Å². The number of amides is 1. The van der Waals surface area contributed by atoms with E-state index in [0.29, 0.717) is 31.4 Å². The molecule has 0 aliphatic carbocycles. The first-order valence-electron chi connectivity index (χ1n) is 10.3. The third kappa shape index (κ3) is 5.95. The molecule has 2 atom stereocenters. The molecule has 0 N–H and O–H groups in total. The highest BCUT2D eigenvalue weighted by Gasteiger charge is 2.31. The topological polar surface area (TPSA) is 66.7 Å². The molecule has 7 heteroatoms. The number of para-hydroxylation sites is 1. The van der Waals surface area contributed by atoms with E-state index in [1.165, 1.54) is 5.69 Å². The SMILES string of the molecule is C=NOC(=NCC1CCN(C(=O)OC(C)(C)C)C1)C1CCN(c2ccccc2)C1. The summed E-state index contributed by atoms with van der Waals surface area (Å²) >= 11 is 0. The fourth-order valence-corrected chi connectivity index (χ4v) is 3.83. The van der Waals surface area contributed by atoms with Crippen LogP contribution in [0, 0.1) is 11.8 Å². The third-order valence-electron chi connectivity index (χ3n) is 5.26. The number of carbonyl (C=O) groups is 1. The molecule has 0 saturated carbocycles. The zero-order valence-electron chi connectivity index (χ0n) is 17.7. The largest absolute Gasteiger partial charge is 0.444 e. The Bertz CT molecular complexity index is 729. The van der Waals surface area contributed by atoms with Crippen LogP contribution in [0.1, 0.15) is 33.6 Å². The number of likely N-dealkylation sites (tertiary alicyclic amines) is 1. The number of oxime groups is 1. The number of anilines is 1. The van der Waals surface area contributed by atoms with Crippen LogP contribution < -0.4 is 4.90 Å². The fourth-order valence-electron chi connectivity index (χ4n) is 3.83. The molecular weight excluding hydrogens is 368 g/mol. The third-order valence-corrected chi connectivity index (χ3v) is 5.26. The van der Waals surface area contributed by atoms with E-state index in [1.807, 2.05) is 26.8 Å². The van der Waals surface area contributed by atoms with Crippen LogP contribution in [0.15, 0.2) is 40.5 Å². The van der Waals surface area contributed by atoms with Crippen molar-refractivity contribution < 1.29 is 14.4 Å². The lowest BCUT2D eigenvalue weighted by molar-refractivity contribution is 0.0289. The summed E-state index contributed by atoms with van der Waals surface area (Å²) in [5.41, 5.74) is 0.738. The lowest BCUT2D eigenvalue weighted by Gasteiger charge is -2.24. The number of hydrogen-bond donors (Lipinski definition) is 0. The molecule has 0 radical (unpaired) electrons. The van der Waals surface area contributed by atoms with Crippen molar-refractivity contribution >= 4 is 24.4 Å². The molecule has 158 valence electrons. The summed E-state index contributed by atoms with van der Waals surface area (Å²) in [6.07, 6.45) is 1.64. The Morgan fingerprint density at radius 2 is 1.93 bits per heavy atom. The molecule has 0 bridgehead atoms. The molecule has 2 unspecified atom stereocenters. The lowest BCUT2D eigenvalue weighted by atomic mass is 10.1. The molecule has 1 amide bonds. The van der Waals surface area contributed by atoms with Crippen molar-refractivity contribution in [1.82, 2.24) is 4.90 Å². The van der Waals surface area contributed by atoms with Crippen molar-refractivity contribution in [2.75, 3.05) is 37.6 Å². The van der Waals surface area contributed by atoms with Gasteiger partial charge < -0.3 is 19.4 Å². The molecule has 2 fully saturated rings. The molecule has 7 nitrogen and oxygen atoms in total. The van der Waals surface area contributed by atoms with Gasteiger partial charge in [0.25, 0.3) is 0 Å². The second kappa shape index (κ2) is 9.29. The minimum absolute atomic E-state index is 0.198. The highest BCUT2D eigenvalue weighted by molar-refractivity contribution is 5.80. The average Bonchev–Trinajstić information content (AvgIpc) is 3.34. The second-order valence-corrected chi connectivity index (χ2v) is 8.75. The highest BCUT2D eigenvalue weighted by atomic mass is 16.6. The van der Waals surface area contributed by atoms with Crippen molar-refractivity contribution in [3.05, 3.63) is 30.3 Å². The van der Waals surface area contributed by atoms with E-state index >= 15 is 0 Å². The Morgan fingerprint density at radius 1 is 1.17 bits per heavy atom. The summed E-state index contributed by atoms with van der Waals surface area (Å²) in [6, 6.07) is 10.4. The monoisotopic (exact) mass is 400 g/mol. The van der Waals surface area contributed by atoms with Gasteiger partial charge in [-0.2, -0.15) is 0 Å². The smallest absolute Gasteiger partial charge is 0.410 e. The van der Waals surface area contributed by atoms with Crippen LogP contribution in [0.5, 0.6) is 0 Å². The summed E-state index contributed by atoms with van der Waals surface area (Å²) < 4.78 is 5.47. The van der Waals surface area contributed by atoms with Gasteiger partial charge in [-0.15, -0.1) is 0 Å². The van der Waals surface area contributed by atoms with Gasteiger partial charge >= 0.3 is 6.09 Å². The van der Waals surface area contributed by atoms with E-state index in [4.69, 9.17) is 14.6 Å². The van der Waals surface area contributed by atoms with Gasteiger partial charge in [0, 0.05) is 45.1 Å². The number of ether oxygens (including phenoxy) is 1. The summed E-state index contributed by atoms with van der Waals surface area (Å²) in [7, 11) is 0. The molecule has 0 aromatic heterocycles. The van der Waals surface area contributed by atoms with E-state index < -0.39 is 5.60 Å². The van der Waals surface area contributed by atoms with Crippen LogP contribution >= 0.6 is 0 Å². The first kappa shape index (κ1) is 21.1. The summed E-state index contributed by atoms with van der Waals surface area (Å²) in [5, 5.41) is 3.62. The first-order valence-corrected chi connectivity index (χ1v) is 10.3. The molecular formula is C22H32N4O3. The van der Waals surface area contributed by atoms with Gasteiger partial charge in [-0.05, 0) is 51.7 Å². The van der Waals surface area contributed by atoms with Crippen LogP contribution in [0.4, 0.5) is 10.5 Å². The molecule has 2 heterocycles. The molecule has 2 aliphatic heterocycles. The van der Waals surface area contributed by atoms with Crippen molar-refractivity contribution in [1.29, 1.82) is 0 Å². The van der Waals surface area contributed by atoms with Gasteiger partial charge in [0.05, 0.1) is 5.92 Å². The number of aliphatic imine (C=N–C) groups is 1. The van der Waals surface area contributed by atoms with Crippen LogP contribution in [0.3, 0.4) is 0 Å². The Hall–Kier alpha value is -2.57.